The number of para-hydroxylation sites is 2. The van der Waals surface area contributed by atoms with E-state index in [4.69, 9.17) is 0 Å². The largest absolute Gasteiger partial charge is 0.418 e. The highest BCUT2D eigenvalue weighted by atomic mass is 19.4. The molecule has 2 amide bonds. The van der Waals surface area contributed by atoms with Crippen LogP contribution < -0.4 is 10.2 Å². The maximum atomic E-state index is 14.0. The van der Waals surface area contributed by atoms with Gasteiger partial charge in [0.15, 0.2) is 0 Å². The summed E-state index contributed by atoms with van der Waals surface area (Å²) in [7, 11) is 0. The van der Waals surface area contributed by atoms with Gasteiger partial charge in [-0.15, -0.1) is 0 Å². The highest BCUT2D eigenvalue weighted by Crippen LogP contribution is 2.34. The average molecular weight is 466 g/mol. The van der Waals surface area contributed by atoms with Gasteiger partial charge in [0.25, 0.3) is 0 Å². The molecule has 1 heterocycles. The zero-order valence-electron chi connectivity index (χ0n) is 18.2. The molecule has 0 radical (unpaired) electrons. The predicted octanol–water partition coefficient (Wildman–Crippen LogP) is 3.45. The fourth-order valence-electron chi connectivity index (χ4n) is 3.71. The molecule has 2 aromatic carbocycles. The minimum Gasteiger partial charge on any atom is -0.366 e. The maximum absolute atomic E-state index is 14.0. The third kappa shape index (κ3) is 6.44. The van der Waals surface area contributed by atoms with Crippen LogP contribution in [-0.2, 0) is 15.8 Å². The van der Waals surface area contributed by atoms with Crippen molar-refractivity contribution in [2.75, 3.05) is 56.0 Å². The molecule has 1 N–H and O–H groups in total. The Morgan fingerprint density at radius 3 is 2.24 bits per heavy atom. The van der Waals surface area contributed by atoms with Gasteiger partial charge < -0.3 is 15.1 Å². The van der Waals surface area contributed by atoms with Crippen LogP contribution in [0.15, 0.2) is 48.5 Å². The molecule has 0 spiro atoms. The van der Waals surface area contributed by atoms with Gasteiger partial charge in [-0.1, -0.05) is 31.2 Å². The lowest BCUT2D eigenvalue weighted by Gasteiger charge is -2.37. The molecule has 0 bridgehead atoms. The van der Waals surface area contributed by atoms with Crippen LogP contribution in [0.4, 0.5) is 28.9 Å². The molecule has 1 aliphatic rings. The summed E-state index contributed by atoms with van der Waals surface area (Å²) in [6.07, 6.45) is -4.59. The Morgan fingerprint density at radius 1 is 0.970 bits per heavy atom. The van der Waals surface area contributed by atoms with Crippen LogP contribution in [0, 0.1) is 5.82 Å². The summed E-state index contributed by atoms with van der Waals surface area (Å²) in [5.41, 5.74) is -0.748. The molecule has 33 heavy (non-hydrogen) atoms. The molecule has 10 heteroatoms. The standard InChI is InChI=1S/C23H26F4N4O2/c1-2-29(15-21(32)28-19-9-5-3-7-17(19)23(25,26)27)16-22(33)31-13-11-30(12-14-31)20-10-6-4-8-18(20)24/h3-10H,2,11-16H2,1H3,(H,28,32). The van der Waals surface area contributed by atoms with Gasteiger partial charge >= 0.3 is 6.18 Å². The molecule has 0 saturated carbocycles. The minimum absolute atomic E-state index is 0.0372. The van der Waals surface area contributed by atoms with Crippen LogP contribution in [0.3, 0.4) is 0 Å². The van der Waals surface area contributed by atoms with E-state index in [1.54, 1.807) is 34.9 Å². The Labute approximate surface area is 189 Å². The Morgan fingerprint density at radius 2 is 1.61 bits per heavy atom. The topological polar surface area (TPSA) is 55.9 Å². The minimum atomic E-state index is -4.59. The third-order valence-electron chi connectivity index (χ3n) is 5.51. The van der Waals surface area contributed by atoms with Crippen molar-refractivity contribution in [1.82, 2.24) is 9.80 Å². The Balaban J connectivity index is 1.52. The number of carbonyl (C=O) groups excluding carboxylic acids is 2. The first kappa shape index (κ1) is 24.5. The molecule has 2 aromatic rings. The van der Waals surface area contributed by atoms with Crippen LogP contribution in [-0.4, -0.2) is 67.4 Å². The first-order valence-electron chi connectivity index (χ1n) is 10.6. The van der Waals surface area contributed by atoms with E-state index in [2.05, 4.69) is 5.32 Å². The molecular formula is C23H26F4N4O2. The summed E-state index contributed by atoms with van der Waals surface area (Å²) in [6, 6.07) is 11.2. The van der Waals surface area contributed by atoms with Gasteiger partial charge in [0.05, 0.1) is 30.0 Å². The van der Waals surface area contributed by atoms with Crippen molar-refractivity contribution in [3.05, 3.63) is 59.9 Å². The zero-order valence-corrected chi connectivity index (χ0v) is 18.2. The summed E-state index contributed by atoms with van der Waals surface area (Å²) < 4.78 is 53.4. The van der Waals surface area contributed by atoms with E-state index in [-0.39, 0.29) is 30.5 Å². The van der Waals surface area contributed by atoms with Crippen molar-refractivity contribution in [2.24, 2.45) is 0 Å². The molecule has 1 aliphatic heterocycles. The molecule has 0 atom stereocenters. The number of hydrogen-bond acceptors (Lipinski definition) is 4. The fraction of sp³-hybridized carbons (Fsp3) is 0.391. The number of piperazine rings is 1. The summed E-state index contributed by atoms with van der Waals surface area (Å²) in [5.74, 6) is -1.13. The van der Waals surface area contributed by atoms with E-state index in [1.807, 2.05) is 4.90 Å². The fourth-order valence-corrected chi connectivity index (χ4v) is 3.71. The van der Waals surface area contributed by atoms with Crippen LogP contribution in [0.2, 0.25) is 0 Å². The van der Waals surface area contributed by atoms with Crippen molar-refractivity contribution >= 4 is 23.2 Å². The Hall–Kier alpha value is -3.14. The molecule has 3 rings (SSSR count). The van der Waals surface area contributed by atoms with Crippen molar-refractivity contribution in [1.29, 1.82) is 0 Å². The molecular weight excluding hydrogens is 440 g/mol. The van der Waals surface area contributed by atoms with Crippen LogP contribution in [0.25, 0.3) is 0 Å². The molecule has 1 fully saturated rings. The molecule has 178 valence electrons. The molecule has 1 saturated heterocycles. The second kappa shape index (κ2) is 10.7. The summed E-state index contributed by atoms with van der Waals surface area (Å²) >= 11 is 0. The third-order valence-corrected chi connectivity index (χ3v) is 5.51. The highest BCUT2D eigenvalue weighted by Gasteiger charge is 2.33. The number of amides is 2. The van der Waals surface area contributed by atoms with Crippen molar-refractivity contribution in [3.8, 4) is 0 Å². The number of anilines is 2. The number of hydrogen-bond donors (Lipinski definition) is 1. The number of likely N-dealkylation sites (N-methyl/N-ethyl adjacent to an activating group) is 1. The van der Waals surface area contributed by atoms with Crippen LogP contribution in [0.1, 0.15) is 12.5 Å². The quantitative estimate of drug-likeness (QED) is 0.636. The second-order valence-corrected chi connectivity index (χ2v) is 7.71. The van der Waals surface area contributed by atoms with Gasteiger partial charge in [0.2, 0.25) is 11.8 Å². The highest BCUT2D eigenvalue weighted by molar-refractivity contribution is 5.93. The summed E-state index contributed by atoms with van der Waals surface area (Å²) in [5, 5.41) is 2.30. The number of nitrogens with one attached hydrogen (secondary N) is 1. The average Bonchev–Trinajstić information content (AvgIpc) is 2.78. The van der Waals surface area contributed by atoms with Gasteiger partial charge in [0, 0.05) is 26.2 Å². The molecule has 0 unspecified atom stereocenters. The van der Waals surface area contributed by atoms with E-state index >= 15 is 0 Å². The van der Waals surface area contributed by atoms with E-state index in [0.717, 1.165) is 6.07 Å². The van der Waals surface area contributed by atoms with Crippen molar-refractivity contribution in [2.45, 2.75) is 13.1 Å². The van der Waals surface area contributed by atoms with E-state index in [1.165, 1.54) is 24.3 Å². The number of nitrogens with zero attached hydrogens (tertiary/aromatic N) is 3. The normalized spacial score (nSPS) is 14.5. The van der Waals surface area contributed by atoms with Gasteiger partial charge in [-0.2, -0.15) is 13.2 Å². The summed E-state index contributed by atoms with van der Waals surface area (Å²) in [6.45, 7) is 3.66. The molecule has 0 aromatic heterocycles. The monoisotopic (exact) mass is 466 g/mol. The molecule has 0 aliphatic carbocycles. The molecule has 6 nitrogen and oxygen atoms in total. The van der Waals surface area contributed by atoms with Gasteiger partial charge in [0.1, 0.15) is 5.82 Å². The zero-order chi connectivity index (χ0) is 24.0. The predicted molar refractivity (Wildman–Crippen MR) is 117 cm³/mol. The van der Waals surface area contributed by atoms with Gasteiger partial charge in [-0.05, 0) is 30.8 Å². The summed E-state index contributed by atoms with van der Waals surface area (Å²) in [4.78, 5) is 30.2. The second-order valence-electron chi connectivity index (χ2n) is 7.71. The number of halogens is 4. The lowest BCUT2D eigenvalue weighted by atomic mass is 10.1. The van der Waals surface area contributed by atoms with Gasteiger partial charge in [-0.25, -0.2) is 4.39 Å². The lowest BCUT2D eigenvalue weighted by molar-refractivity contribution is -0.137. The number of alkyl halides is 3. The first-order chi connectivity index (χ1) is 15.7. The van der Waals surface area contributed by atoms with Crippen LogP contribution in [0.5, 0.6) is 0 Å². The van der Waals surface area contributed by atoms with Crippen LogP contribution >= 0.6 is 0 Å². The number of rotatable bonds is 7. The van der Waals surface area contributed by atoms with E-state index in [9.17, 15) is 27.2 Å². The SMILES string of the molecule is CCN(CC(=O)Nc1ccccc1C(F)(F)F)CC(=O)N1CCN(c2ccccc2F)CC1. The smallest absolute Gasteiger partial charge is 0.366 e. The van der Waals surface area contributed by atoms with E-state index < -0.39 is 17.6 Å². The Bertz CT molecular complexity index is 975. The van der Waals surface area contributed by atoms with E-state index in [0.29, 0.717) is 38.4 Å². The maximum Gasteiger partial charge on any atom is 0.418 e. The first-order valence-corrected chi connectivity index (χ1v) is 10.6. The Kier molecular flexibility index (Phi) is 7.91. The van der Waals surface area contributed by atoms with Crippen molar-refractivity contribution in [3.63, 3.8) is 0 Å². The number of benzene rings is 2. The number of carbonyl (C=O) groups is 2. The van der Waals surface area contributed by atoms with Crippen molar-refractivity contribution < 1.29 is 27.2 Å². The van der Waals surface area contributed by atoms with Gasteiger partial charge in [-0.3, -0.25) is 14.5 Å². The lowest BCUT2D eigenvalue weighted by Crippen LogP contribution is -2.52.